The van der Waals surface area contributed by atoms with Gasteiger partial charge in [-0.25, -0.2) is 4.98 Å². The molecule has 1 aliphatic heterocycles. The highest BCUT2D eigenvalue weighted by Crippen LogP contribution is 2.30. The van der Waals surface area contributed by atoms with Gasteiger partial charge in [-0.2, -0.15) is 0 Å². The van der Waals surface area contributed by atoms with Crippen LogP contribution in [0.5, 0.6) is 11.5 Å². The third-order valence-corrected chi connectivity index (χ3v) is 6.06. The number of carbonyl (C=O) groups excluding carboxylic acids is 1. The SMILES string of the molecule is COc1cc(C)ccc1OCC(=O)N1CCC[C@@H](c2ncc(Cc3ccccc3Cl)o2)C1. The average molecular weight is 455 g/mol. The van der Waals surface area contributed by atoms with Crippen LogP contribution < -0.4 is 9.47 Å². The molecule has 0 spiro atoms. The summed E-state index contributed by atoms with van der Waals surface area (Å²) in [5, 5.41) is 0.713. The molecule has 1 fully saturated rings. The summed E-state index contributed by atoms with van der Waals surface area (Å²) in [4.78, 5) is 19.1. The van der Waals surface area contributed by atoms with Crippen LogP contribution in [0.25, 0.3) is 0 Å². The number of likely N-dealkylation sites (tertiary alicyclic amines) is 1. The number of rotatable bonds is 7. The summed E-state index contributed by atoms with van der Waals surface area (Å²) in [5.41, 5.74) is 2.07. The molecular formula is C25H27ClN2O4. The molecule has 1 aliphatic rings. The summed E-state index contributed by atoms with van der Waals surface area (Å²) in [6, 6.07) is 13.4. The van der Waals surface area contributed by atoms with E-state index in [1.54, 1.807) is 13.3 Å². The van der Waals surface area contributed by atoms with Gasteiger partial charge in [0.2, 0.25) is 0 Å². The highest BCUT2D eigenvalue weighted by Gasteiger charge is 2.28. The average Bonchev–Trinajstić information content (AvgIpc) is 3.28. The normalized spacial score (nSPS) is 16.1. The van der Waals surface area contributed by atoms with E-state index in [0.717, 1.165) is 29.7 Å². The molecule has 32 heavy (non-hydrogen) atoms. The van der Waals surface area contributed by atoms with Crippen molar-refractivity contribution >= 4 is 17.5 Å². The summed E-state index contributed by atoms with van der Waals surface area (Å²) in [7, 11) is 1.59. The molecular weight excluding hydrogens is 428 g/mol. The number of oxazole rings is 1. The zero-order valence-electron chi connectivity index (χ0n) is 18.3. The Hall–Kier alpha value is -2.99. The molecule has 1 atom stereocenters. The number of aryl methyl sites for hydroxylation is 1. The van der Waals surface area contributed by atoms with Gasteiger partial charge in [0.25, 0.3) is 5.91 Å². The Kier molecular flexibility index (Phi) is 7.00. The molecule has 168 valence electrons. The molecule has 1 aromatic heterocycles. The molecule has 2 heterocycles. The lowest BCUT2D eigenvalue weighted by atomic mass is 9.98. The van der Waals surface area contributed by atoms with Crippen LogP contribution in [-0.2, 0) is 11.2 Å². The van der Waals surface area contributed by atoms with E-state index in [1.807, 2.05) is 54.3 Å². The first-order valence-electron chi connectivity index (χ1n) is 10.8. The van der Waals surface area contributed by atoms with Crippen molar-refractivity contribution in [3.8, 4) is 11.5 Å². The Morgan fingerprint density at radius 2 is 2.09 bits per heavy atom. The lowest BCUT2D eigenvalue weighted by molar-refractivity contribution is -0.134. The number of piperidine rings is 1. The number of aromatic nitrogens is 1. The van der Waals surface area contributed by atoms with Crippen LogP contribution >= 0.6 is 11.6 Å². The zero-order chi connectivity index (χ0) is 22.5. The number of carbonyl (C=O) groups is 1. The third kappa shape index (κ3) is 5.25. The minimum Gasteiger partial charge on any atom is -0.493 e. The fourth-order valence-electron chi connectivity index (χ4n) is 3.95. The minimum absolute atomic E-state index is 0.0323. The van der Waals surface area contributed by atoms with Crippen molar-refractivity contribution < 1.29 is 18.7 Å². The molecule has 7 heteroatoms. The fourth-order valence-corrected chi connectivity index (χ4v) is 4.16. The van der Waals surface area contributed by atoms with Gasteiger partial charge < -0.3 is 18.8 Å². The maximum atomic E-state index is 12.8. The second kappa shape index (κ2) is 10.1. The van der Waals surface area contributed by atoms with Crippen molar-refractivity contribution in [2.75, 3.05) is 26.8 Å². The summed E-state index contributed by atoms with van der Waals surface area (Å²) in [6.07, 6.45) is 4.18. The lowest BCUT2D eigenvalue weighted by Gasteiger charge is -2.31. The summed E-state index contributed by atoms with van der Waals surface area (Å²) in [5.74, 6) is 2.65. The standard InChI is InChI=1S/C25H27ClN2O4/c1-17-9-10-22(23(12-17)30-2)31-16-24(29)28-11-5-7-19(15-28)25-27-14-20(32-25)13-18-6-3-4-8-21(18)26/h3-4,6,8-10,12,14,19H,5,7,11,13,15-16H2,1-2H3/t19-/m1/s1. The van der Waals surface area contributed by atoms with Crippen molar-refractivity contribution in [2.24, 2.45) is 0 Å². The number of hydrogen-bond acceptors (Lipinski definition) is 5. The largest absolute Gasteiger partial charge is 0.493 e. The van der Waals surface area contributed by atoms with Crippen molar-refractivity contribution in [3.05, 3.63) is 76.5 Å². The molecule has 0 aliphatic carbocycles. The molecule has 0 unspecified atom stereocenters. The monoisotopic (exact) mass is 454 g/mol. The van der Waals surface area contributed by atoms with Crippen molar-refractivity contribution in [3.63, 3.8) is 0 Å². The van der Waals surface area contributed by atoms with Gasteiger partial charge in [-0.05, 0) is 49.1 Å². The topological polar surface area (TPSA) is 64.8 Å². The smallest absolute Gasteiger partial charge is 0.260 e. The van der Waals surface area contributed by atoms with Crippen LogP contribution in [0.4, 0.5) is 0 Å². The summed E-state index contributed by atoms with van der Waals surface area (Å²) in [6.45, 7) is 3.22. The predicted octanol–water partition coefficient (Wildman–Crippen LogP) is 5.02. The number of amides is 1. The zero-order valence-corrected chi connectivity index (χ0v) is 19.1. The molecule has 1 amide bonds. The first-order valence-corrected chi connectivity index (χ1v) is 11.1. The van der Waals surface area contributed by atoms with Crippen LogP contribution in [0, 0.1) is 6.92 Å². The molecule has 0 N–H and O–H groups in total. The van der Waals surface area contributed by atoms with Gasteiger partial charge in [0.1, 0.15) is 5.76 Å². The van der Waals surface area contributed by atoms with E-state index in [9.17, 15) is 4.79 Å². The molecule has 2 aromatic carbocycles. The maximum Gasteiger partial charge on any atom is 0.260 e. The molecule has 0 bridgehead atoms. The van der Waals surface area contributed by atoms with E-state index in [1.165, 1.54) is 0 Å². The highest BCUT2D eigenvalue weighted by atomic mass is 35.5. The van der Waals surface area contributed by atoms with E-state index in [4.69, 9.17) is 25.5 Å². The first-order chi connectivity index (χ1) is 15.5. The second-order valence-corrected chi connectivity index (χ2v) is 8.46. The highest BCUT2D eigenvalue weighted by molar-refractivity contribution is 6.31. The van der Waals surface area contributed by atoms with Crippen LogP contribution in [-0.4, -0.2) is 42.6 Å². The molecule has 0 radical (unpaired) electrons. The van der Waals surface area contributed by atoms with Gasteiger partial charge in [-0.1, -0.05) is 35.9 Å². The Bertz CT molecular complexity index is 1080. The van der Waals surface area contributed by atoms with E-state index in [-0.39, 0.29) is 18.4 Å². The summed E-state index contributed by atoms with van der Waals surface area (Å²) >= 11 is 6.26. The predicted molar refractivity (Wildman–Crippen MR) is 123 cm³/mol. The van der Waals surface area contributed by atoms with Crippen molar-refractivity contribution in [1.29, 1.82) is 0 Å². The first kappa shape index (κ1) is 22.2. The minimum atomic E-state index is -0.0554. The molecule has 6 nitrogen and oxygen atoms in total. The number of halogens is 1. The lowest BCUT2D eigenvalue weighted by Crippen LogP contribution is -2.41. The number of methoxy groups -OCH3 is 1. The van der Waals surface area contributed by atoms with Gasteiger partial charge in [0.15, 0.2) is 24.0 Å². The van der Waals surface area contributed by atoms with Crippen LogP contribution in [0.1, 0.15) is 41.5 Å². The van der Waals surface area contributed by atoms with Crippen LogP contribution in [0.3, 0.4) is 0 Å². The second-order valence-electron chi connectivity index (χ2n) is 8.05. The molecule has 4 rings (SSSR count). The molecule has 1 saturated heterocycles. The fraction of sp³-hybridized carbons (Fsp3) is 0.360. The van der Waals surface area contributed by atoms with E-state index < -0.39 is 0 Å². The summed E-state index contributed by atoms with van der Waals surface area (Å²) < 4.78 is 17.1. The van der Waals surface area contributed by atoms with Crippen molar-refractivity contribution in [1.82, 2.24) is 9.88 Å². The Labute approximate surface area is 193 Å². The Morgan fingerprint density at radius 3 is 2.91 bits per heavy atom. The Morgan fingerprint density at radius 1 is 1.25 bits per heavy atom. The molecule has 3 aromatic rings. The van der Waals surface area contributed by atoms with Gasteiger partial charge in [-0.3, -0.25) is 4.79 Å². The van der Waals surface area contributed by atoms with Gasteiger partial charge in [0, 0.05) is 24.5 Å². The number of nitrogens with zero attached hydrogens (tertiary/aromatic N) is 2. The van der Waals surface area contributed by atoms with Crippen molar-refractivity contribution in [2.45, 2.75) is 32.1 Å². The number of ether oxygens (including phenoxy) is 2. The Balaban J connectivity index is 1.36. The van der Waals surface area contributed by atoms with Gasteiger partial charge >= 0.3 is 0 Å². The van der Waals surface area contributed by atoms with Gasteiger partial charge in [-0.15, -0.1) is 0 Å². The van der Waals surface area contributed by atoms with Crippen LogP contribution in [0.15, 0.2) is 53.1 Å². The van der Waals surface area contributed by atoms with Gasteiger partial charge in [0.05, 0.1) is 19.2 Å². The quantitative estimate of drug-likeness (QED) is 0.501. The van der Waals surface area contributed by atoms with E-state index in [2.05, 4.69) is 4.98 Å². The molecule has 0 saturated carbocycles. The van der Waals surface area contributed by atoms with Crippen LogP contribution in [0.2, 0.25) is 5.02 Å². The van der Waals surface area contributed by atoms with E-state index >= 15 is 0 Å². The number of benzene rings is 2. The third-order valence-electron chi connectivity index (χ3n) is 5.69. The van der Waals surface area contributed by atoms with E-state index in [0.29, 0.717) is 41.9 Å². The maximum absolute atomic E-state index is 12.8. The number of hydrogen-bond donors (Lipinski definition) is 0.